The number of hydrogen-bond acceptors (Lipinski definition) is 4. The fourth-order valence-corrected chi connectivity index (χ4v) is 4.20. The number of amides is 4. The van der Waals surface area contributed by atoms with Gasteiger partial charge in [-0.3, -0.25) is 29.8 Å². The molecular formula is C24H28N2O4. The molecule has 4 unspecified atom stereocenters. The first-order chi connectivity index (χ1) is 14.4. The normalized spacial score (nSPS) is 28.3. The Morgan fingerprint density at radius 2 is 1.13 bits per heavy atom. The Morgan fingerprint density at radius 3 is 1.47 bits per heavy atom. The van der Waals surface area contributed by atoms with Gasteiger partial charge in [0.15, 0.2) is 0 Å². The van der Waals surface area contributed by atoms with Gasteiger partial charge in [0.05, 0.1) is 23.7 Å². The average Bonchev–Trinajstić information content (AvgIpc) is 3.19. The van der Waals surface area contributed by atoms with E-state index >= 15 is 0 Å². The molecule has 2 aliphatic carbocycles. The zero-order valence-electron chi connectivity index (χ0n) is 17.4. The van der Waals surface area contributed by atoms with Gasteiger partial charge in [-0.1, -0.05) is 59.7 Å². The van der Waals surface area contributed by atoms with Gasteiger partial charge in [0.2, 0.25) is 23.6 Å². The Kier molecular flexibility index (Phi) is 6.98. The summed E-state index contributed by atoms with van der Waals surface area (Å²) in [7, 11) is 0. The van der Waals surface area contributed by atoms with E-state index < -0.39 is 0 Å². The number of nitrogens with one attached hydrogen (secondary N) is 2. The molecule has 2 aliphatic heterocycles. The van der Waals surface area contributed by atoms with Gasteiger partial charge in [0.25, 0.3) is 0 Å². The number of carbonyl (C=O) groups excluding carboxylic acids is 4. The summed E-state index contributed by atoms with van der Waals surface area (Å²) >= 11 is 0. The quantitative estimate of drug-likeness (QED) is 0.510. The number of benzene rings is 1. The first-order valence-corrected chi connectivity index (χ1v) is 10.4. The molecule has 4 amide bonds. The first kappa shape index (κ1) is 21.7. The minimum Gasteiger partial charge on any atom is -0.296 e. The molecule has 0 saturated carbocycles. The lowest BCUT2D eigenvalue weighted by atomic mass is 9.86. The summed E-state index contributed by atoms with van der Waals surface area (Å²) in [5.74, 6) is -0.937. The minimum atomic E-state index is -0.170. The highest BCUT2D eigenvalue weighted by Crippen LogP contribution is 2.29. The van der Waals surface area contributed by atoms with E-state index in [1.54, 1.807) is 0 Å². The maximum atomic E-state index is 11.1. The largest absolute Gasteiger partial charge is 0.296 e. The number of rotatable bonds is 0. The molecule has 1 aromatic carbocycles. The summed E-state index contributed by atoms with van der Waals surface area (Å²) in [5.41, 5.74) is 2.68. The van der Waals surface area contributed by atoms with Crippen molar-refractivity contribution in [1.82, 2.24) is 10.6 Å². The maximum Gasteiger partial charge on any atom is 0.234 e. The van der Waals surface area contributed by atoms with Crippen LogP contribution in [0.4, 0.5) is 0 Å². The molecule has 2 heterocycles. The fourth-order valence-electron chi connectivity index (χ4n) is 4.20. The van der Waals surface area contributed by atoms with E-state index in [0.29, 0.717) is 0 Å². The monoisotopic (exact) mass is 408 g/mol. The molecule has 0 radical (unpaired) electrons. The number of carbonyl (C=O) groups is 4. The SMILES string of the molecule is Cc1cccc(C)c1.O=C1NC(=O)C2CCC=CC12.O=C1NC(=O)C2CCC=CC12. The number of allylic oxidation sites excluding steroid dienone is 2. The highest BCUT2D eigenvalue weighted by molar-refractivity contribution is 6.06. The van der Waals surface area contributed by atoms with Crippen molar-refractivity contribution in [2.45, 2.75) is 39.5 Å². The number of imide groups is 2. The molecule has 4 atom stereocenters. The number of fused-ring (bicyclic) bond motifs is 2. The summed E-state index contributed by atoms with van der Waals surface area (Å²) in [5, 5.41) is 4.66. The van der Waals surface area contributed by atoms with E-state index in [0.717, 1.165) is 25.7 Å². The van der Waals surface area contributed by atoms with Gasteiger partial charge >= 0.3 is 0 Å². The molecule has 30 heavy (non-hydrogen) atoms. The molecule has 2 N–H and O–H groups in total. The van der Waals surface area contributed by atoms with Gasteiger partial charge < -0.3 is 0 Å². The van der Waals surface area contributed by atoms with E-state index in [4.69, 9.17) is 0 Å². The van der Waals surface area contributed by atoms with Crippen LogP contribution in [0.2, 0.25) is 0 Å². The van der Waals surface area contributed by atoms with E-state index in [2.05, 4.69) is 48.7 Å². The smallest absolute Gasteiger partial charge is 0.234 e. The van der Waals surface area contributed by atoms with Crippen molar-refractivity contribution in [3.8, 4) is 0 Å². The second-order valence-corrected chi connectivity index (χ2v) is 8.14. The number of hydrogen-bond donors (Lipinski definition) is 2. The molecule has 158 valence electrons. The lowest BCUT2D eigenvalue weighted by molar-refractivity contribution is -0.127. The third-order valence-corrected chi connectivity index (χ3v) is 5.79. The molecular weight excluding hydrogens is 380 g/mol. The van der Waals surface area contributed by atoms with Crippen molar-refractivity contribution >= 4 is 23.6 Å². The van der Waals surface area contributed by atoms with Gasteiger partial charge in [-0.15, -0.1) is 0 Å². The highest BCUT2D eigenvalue weighted by Gasteiger charge is 2.41. The summed E-state index contributed by atoms with van der Waals surface area (Å²) < 4.78 is 0. The lowest BCUT2D eigenvalue weighted by Crippen LogP contribution is -2.21. The van der Waals surface area contributed by atoms with Crippen LogP contribution in [0.3, 0.4) is 0 Å². The van der Waals surface area contributed by atoms with E-state index in [-0.39, 0.29) is 47.3 Å². The van der Waals surface area contributed by atoms with Gasteiger partial charge in [-0.05, 0) is 39.5 Å². The Labute approximate surface area is 176 Å². The second kappa shape index (κ2) is 9.65. The Hall–Kier alpha value is -3.02. The molecule has 4 aliphatic rings. The van der Waals surface area contributed by atoms with Crippen molar-refractivity contribution in [3.63, 3.8) is 0 Å². The van der Waals surface area contributed by atoms with Crippen molar-refractivity contribution in [2.75, 3.05) is 0 Å². The Bertz CT molecular complexity index is 833. The minimum absolute atomic E-state index is 0.0764. The van der Waals surface area contributed by atoms with Crippen molar-refractivity contribution in [2.24, 2.45) is 23.7 Å². The van der Waals surface area contributed by atoms with Gasteiger partial charge in [0, 0.05) is 0 Å². The van der Waals surface area contributed by atoms with Gasteiger partial charge in [-0.25, -0.2) is 0 Å². The standard InChI is InChI=1S/2C8H9NO2.C8H10/c2*10-7-5-3-1-2-4-6(5)8(11)9-7;1-7-4-3-5-8(2)6-7/h2*1,3,5-6H,2,4H2,(H,9,10,11);3-6H,1-2H3. The second-order valence-electron chi connectivity index (χ2n) is 8.14. The van der Waals surface area contributed by atoms with Gasteiger partial charge in [-0.2, -0.15) is 0 Å². The molecule has 6 nitrogen and oxygen atoms in total. The van der Waals surface area contributed by atoms with Gasteiger partial charge in [0.1, 0.15) is 0 Å². The predicted octanol–water partition coefficient (Wildman–Crippen LogP) is 2.75. The molecule has 1 aromatic rings. The highest BCUT2D eigenvalue weighted by atomic mass is 16.2. The van der Waals surface area contributed by atoms with Crippen molar-refractivity contribution in [3.05, 3.63) is 59.7 Å². The van der Waals surface area contributed by atoms with Crippen LogP contribution in [0.1, 0.15) is 36.8 Å². The predicted molar refractivity (Wildman–Crippen MR) is 113 cm³/mol. The fraction of sp³-hybridized carbons (Fsp3) is 0.417. The van der Waals surface area contributed by atoms with Crippen LogP contribution in [0, 0.1) is 37.5 Å². The van der Waals surface area contributed by atoms with Crippen molar-refractivity contribution < 1.29 is 19.2 Å². The summed E-state index contributed by atoms with van der Waals surface area (Å²) in [4.78, 5) is 44.2. The third-order valence-electron chi connectivity index (χ3n) is 5.79. The van der Waals surface area contributed by atoms with E-state index in [1.165, 1.54) is 11.1 Å². The van der Waals surface area contributed by atoms with Crippen LogP contribution in [0.5, 0.6) is 0 Å². The molecule has 2 saturated heterocycles. The van der Waals surface area contributed by atoms with E-state index in [1.807, 2.05) is 24.3 Å². The van der Waals surface area contributed by atoms with Crippen LogP contribution in [0.15, 0.2) is 48.6 Å². The van der Waals surface area contributed by atoms with Crippen LogP contribution in [0.25, 0.3) is 0 Å². The molecule has 0 spiro atoms. The molecule has 2 fully saturated rings. The van der Waals surface area contributed by atoms with Crippen LogP contribution < -0.4 is 10.6 Å². The zero-order valence-corrected chi connectivity index (χ0v) is 17.4. The zero-order chi connectivity index (χ0) is 21.7. The van der Waals surface area contributed by atoms with E-state index in [9.17, 15) is 19.2 Å². The van der Waals surface area contributed by atoms with Crippen molar-refractivity contribution in [1.29, 1.82) is 0 Å². The summed E-state index contributed by atoms with van der Waals surface area (Å²) in [6, 6.07) is 8.45. The molecule has 6 heteroatoms. The number of aryl methyl sites for hydroxylation is 2. The Balaban J connectivity index is 0.000000130. The van der Waals surface area contributed by atoms with Crippen LogP contribution >= 0.6 is 0 Å². The molecule has 0 bridgehead atoms. The molecule has 0 aromatic heterocycles. The molecule has 5 rings (SSSR count). The maximum absolute atomic E-state index is 11.1. The topological polar surface area (TPSA) is 92.3 Å². The first-order valence-electron chi connectivity index (χ1n) is 10.4. The lowest BCUT2D eigenvalue weighted by Gasteiger charge is -2.14. The third kappa shape index (κ3) is 5.12. The Morgan fingerprint density at radius 1 is 0.700 bits per heavy atom. The average molecular weight is 408 g/mol. The van der Waals surface area contributed by atoms with Crippen LogP contribution in [-0.4, -0.2) is 23.6 Å². The summed E-state index contributed by atoms with van der Waals surface area (Å²) in [6.45, 7) is 4.21. The van der Waals surface area contributed by atoms with Crippen LogP contribution in [-0.2, 0) is 19.2 Å². The summed E-state index contributed by atoms with van der Waals surface area (Å²) in [6.07, 6.45) is 11.1.